The average molecular weight is 412 g/mol. The molecule has 0 aliphatic rings. The molecule has 0 saturated carbocycles. The summed E-state index contributed by atoms with van der Waals surface area (Å²) in [6, 6.07) is 17.8. The Morgan fingerprint density at radius 1 is 1.03 bits per heavy atom. The van der Waals surface area contributed by atoms with Gasteiger partial charge in [0.15, 0.2) is 0 Å². The van der Waals surface area contributed by atoms with Crippen LogP contribution in [0.15, 0.2) is 79.3 Å². The van der Waals surface area contributed by atoms with E-state index in [0.29, 0.717) is 16.8 Å². The Labute approximate surface area is 178 Å². The number of rotatable bonds is 4. The van der Waals surface area contributed by atoms with Crippen molar-refractivity contribution in [3.05, 3.63) is 96.3 Å². The SMILES string of the molecule is CC(c1cccnc1)n1c(C(=O)Nc2ccc3c(ccn3C)c2)cc2cc(F)ccc21. The topological polar surface area (TPSA) is 51.9 Å². The van der Waals surface area contributed by atoms with Crippen LogP contribution >= 0.6 is 0 Å². The van der Waals surface area contributed by atoms with Crippen molar-refractivity contribution < 1.29 is 9.18 Å². The lowest BCUT2D eigenvalue weighted by Crippen LogP contribution is -2.19. The molecule has 0 radical (unpaired) electrons. The van der Waals surface area contributed by atoms with Gasteiger partial charge in [-0.3, -0.25) is 9.78 Å². The number of hydrogen-bond donors (Lipinski definition) is 1. The summed E-state index contributed by atoms with van der Waals surface area (Å²) < 4.78 is 17.8. The Hall–Kier alpha value is -3.93. The van der Waals surface area contributed by atoms with E-state index < -0.39 is 0 Å². The zero-order valence-electron chi connectivity index (χ0n) is 17.2. The van der Waals surface area contributed by atoms with E-state index >= 15 is 0 Å². The number of pyridine rings is 1. The summed E-state index contributed by atoms with van der Waals surface area (Å²) >= 11 is 0. The van der Waals surface area contributed by atoms with Crippen molar-refractivity contribution in [1.82, 2.24) is 14.1 Å². The molecule has 5 aromatic rings. The molecule has 3 heterocycles. The van der Waals surface area contributed by atoms with Gasteiger partial charge in [0, 0.05) is 53.1 Å². The molecular weight excluding hydrogens is 391 g/mol. The third-order valence-corrected chi connectivity index (χ3v) is 5.73. The van der Waals surface area contributed by atoms with Gasteiger partial charge in [-0.1, -0.05) is 6.07 Å². The first kappa shape index (κ1) is 19.1. The summed E-state index contributed by atoms with van der Waals surface area (Å²) in [6.45, 7) is 2.01. The maximum absolute atomic E-state index is 13.9. The first-order chi connectivity index (χ1) is 15.0. The van der Waals surface area contributed by atoms with Gasteiger partial charge in [0.05, 0.1) is 6.04 Å². The summed E-state index contributed by atoms with van der Waals surface area (Å²) in [5.41, 5.74) is 4.02. The van der Waals surface area contributed by atoms with E-state index in [1.54, 1.807) is 24.5 Å². The van der Waals surface area contributed by atoms with E-state index in [9.17, 15) is 9.18 Å². The molecule has 154 valence electrons. The van der Waals surface area contributed by atoms with Crippen LogP contribution < -0.4 is 5.32 Å². The molecule has 1 amide bonds. The van der Waals surface area contributed by atoms with Crippen molar-refractivity contribution in [3.63, 3.8) is 0 Å². The fourth-order valence-corrected chi connectivity index (χ4v) is 4.13. The molecule has 31 heavy (non-hydrogen) atoms. The normalized spacial score (nSPS) is 12.4. The quantitative estimate of drug-likeness (QED) is 0.422. The van der Waals surface area contributed by atoms with Crippen molar-refractivity contribution in [1.29, 1.82) is 0 Å². The van der Waals surface area contributed by atoms with Crippen LogP contribution in [0.3, 0.4) is 0 Å². The summed E-state index contributed by atoms with van der Waals surface area (Å²) in [6.07, 6.45) is 5.48. The highest BCUT2D eigenvalue weighted by Gasteiger charge is 2.21. The molecule has 0 spiro atoms. The zero-order chi connectivity index (χ0) is 21.5. The lowest BCUT2D eigenvalue weighted by molar-refractivity contribution is 0.101. The predicted molar refractivity (Wildman–Crippen MR) is 121 cm³/mol. The Morgan fingerprint density at radius 3 is 2.68 bits per heavy atom. The number of carbonyl (C=O) groups is 1. The van der Waals surface area contributed by atoms with Crippen molar-refractivity contribution in [2.45, 2.75) is 13.0 Å². The fraction of sp³-hybridized carbons (Fsp3) is 0.120. The van der Waals surface area contributed by atoms with E-state index in [-0.39, 0.29) is 17.8 Å². The lowest BCUT2D eigenvalue weighted by atomic mass is 10.1. The standard InChI is InChI=1S/C25H21FN4O/c1-16(18-4-3-10-27-15-18)30-23-7-5-20(26)12-19(23)14-24(30)25(31)28-21-6-8-22-17(13-21)9-11-29(22)2/h3-16H,1-2H3,(H,28,31). The number of nitrogens with zero attached hydrogens (tertiary/aromatic N) is 3. The van der Waals surface area contributed by atoms with Gasteiger partial charge in [0.2, 0.25) is 0 Å². The summed E-state index contributed by atoms with van der Waals surface area (Å²) in [4.78, 5) is 17.5. The van der Waals surface area contributed by atoms with Crippen molar-refractivity contribution in [3.8, 4) is 0 Å². The molecule has 6 heteroatoms. The number of fused-ring (bicyclic) bond motifs is 2. The van der Waals surface area contributed by atoms with Crippen LogP contribution in [-0.2, 0) is 7.05 Å². The summed E-state index contributed by atoms with van der Waals surface area (Å²) in [7, 11) is 1.98. The van der Waals surface area contributed by atoms with Gasteiger partial charge in [-0.2, -0.15) is 0 Å². The number of amides is 1. The number of halogens is 1. The Morgan fingerprint density at radius 2 is 1.87 bits per heavy atom. The van der Waals surface area contributed by atoms with Crippen molar-refractivity contribution in [2.24, 2.45) is 7.05 Å². The molecule has 1 unspecified atom stereocenters. The molecule has 0 aliphatic carbocycles. The highest BCUT2D eigenvalue weighted by Crippen LogP contribution is 2.29. The third-order valence-electron chi connectivity index (χ3n) is 5.73. The molecule has 5 nitrogen and oxygen atoms in total. The largest absolute Gasteiger partial charge is 0.351 e. The van der Waals surface area contributed by atoms with E-state index in [0.717, 1.165) is 22.0 Å². The van der Waals surface area contributed by atoms with Gasteiger partial charge in [-0.15, -0.1) is 0 Å². The first-order valence-corrected chi connectivity index (χ1v) is 10.1. The minimum absolute atomic E-state index is 0.158. The van der Waals surface area contributed by atoms with Gasteiger partial charge >= 0.3 is 0 Å². The highest BCUT2D eigenvalue weighted by molar-refractivity contribution is 6.07. The molecule has 5 rings (SSSR count). The number of benzene rings is 2. The minimum atomic E-state index is -0.333. The van der Waals surface area contributed by atoms with Gasteiger partial charge in [-0.25, -0.2) is 4.39 Å². The number of nitrogens with one attached hydrogen (secondary N) is 1. The van der Waals surface area contributed by atoms with E-state index in [2.05, 4.69) is 10.3 Å². The average Bonchev–Trinajstić information content (AvgIpc) is 3.34. The second-order valence-electron chi connectivity index (χ2n) is 7.72. The van der Waals surface area contributed by atoms with Gasteiger partial charge < -0.3 is 14.5 Å². The van der Waals surface area contributed by atoms with Crippen LogP contribution in [-0.4, -0.2) is 20.0 Å². The lowest BCUT2D eigenvalue weighted by Gasteiger charge is -2.19. The van der Waals surface area contributed by atoms with E-state index in [1.165, 1.54) is 12.1 Å². The monoisotopic (exact) mass is 412 g/mol. The number of aromatic nitrogens is 3. The molecule has 0 fully saturated rings. The van der Waals surface area contributed by atoms with Crippen LogP contribution in [0, 0.1) is 5.82 Å². The number of carbonyl (C=O) groups excluding carboxylic acids is 1. The van der Waals surface area contributed by atoms with Gasteiger partial charge in [0.1, 0.15) is 11.5 Å². The highest BCUT2D eigenvalue weighted by atomic mass is 19.1. The number of hydrogen-bond acceptors (Lipinski definition) is 2. The maximum Gasteiger partial charge on any atom is 0.272 e. The van der Waals surface area contributed by atoms with E-state index in [4.69, 9.17) is 0 Å². The predicted octanol–water partition coefficient (Wildman–Crippen LogP) is 5.53. The van der Waals surface area contributed by atoms with Crippen LogP contribution in [0.4, 0.5) is 10.1 Å². The molecule has 2 aromatic carbocycles. The molecule has 1 N–H and O–H groups in total. The molecular formula is C25H21FN4O. The molecule has 1 atom stereocenters. The van der Waals surface area contributed by atoms with Crippen LogP contribution in [0.2, 0.25) is 0 Å². The smallest absolute Gasteiger partial charge is 0.272 e. The Balaban J connectivity index is 1.58. The van der Waals surface area contributed by atoms with Crippen molar-refractivity contribution >= 4 is 33.4 Å². The Kier molecular flexibility index (Phi) is 4.55. The fourth-order valence-electron chi connectivity index (χ4n) is 4.13. The summed E-state index contributed by atoms with van der Waals surface area (Å²) in [5, 5.41) is 4.73. The number of aryl methyl sites for hydroxylation is 1. The first-order valence-electron chi connectivity index (χ1n) is 10.1. The van der Waals surface area contributed by atoms with Gasteiger partial charge in [0.25, 0.3) is 5.91 Å². The molecule has 3 aromatic heterocycles. The van der Waals surface area contributed by atoms with E-state index in [1.807, 2.05) is 65.7 Å². The summed E-state index contributed by atoms with van der Waals surface area (Å²) in [5.74, 6) is -0.581. The minimum Gasteiger partial charge on any atom is -0.351 e. The Bertz CT molecular complexity index is 1420. The second kappa shape index (κ2) is 7.40. The van der Waals surface area contributed by atoms with Crippen LogP contribution in [0.1, 0.15) is 29.0 Å². The molecule has 0 saturated heterocycles. The van der Waals surface area contributed by atoms with Crippen molar-refractivity contribution in [2.75, 3.05) is 5.32 Å². The second-order valence-corrected chi connectivity index (χ2v) is 7.72. The van der Waals surface area contributed by atoms with Gasteiger partial charge in [-0.05, 0) is 67.1 Å². The zero-order valence-corrected chi connectivity index (χ0v) is 17.2. The molecule has 0 aliphatic heterocycles. The number of anilines is 1. The molecule has 0 bridgehead atoms. The van der Waals surface area contributed by atoms with Crippen LogP contribution in [0.25, 0.3) is 21.8 Å². The maximum atomic E-state index is 13.9. The third kappa shape index (κ3) is 3.36. The van der Waals surface area contributed by atoms with Crippen LogP contribution in [0.5, 0.6) is 0 Å².